The molecule has 0 aromatic carbocycles. The van der Waals surface area contributed by atoms with Crippen molar-refractivity contribution in [1.29, 1.82) is 0 Å². The topological polar surface area (TPSA) is 79.6 Å². The smallest absolute Gasteiger partial charge is 0.244 e. The molecular formula is C8H10ClN5S. The standard InChI is InChI=1S/C8H10ClN5S/c1-4(5-2-3-6(9)15-5)11-8-12-7(10)13-14-8/h2-4H,1H3,(H4,10,11,12,13,14). The second-order valence-electron chi connectivity index (χ2n) is 3.05. The summed E-state index contributed by atoms with van der Waals surface area (Å²) >= 11 is 7.37. The van der Waals surface area contributed by atoms with Gasteiger partial charge in [0.1, 0.15) is 0 Å². The number of thiophene rings is 1. The Labute approximate surface area is 95.7 Å². The highest BCUT2D eigenvalue weighted by Crippen LogP contribution is 2.28. The summed E-state index contributed by atoms with van der Waals surface area (Å²) in [5.41, 5.74) is 5.41. The number of nitrogen functional groups attached to an aromatic ring is 1. The number of nitrogens with zero attached hydrogens (tertiary/aromatic N) is 2. The summed E-state index contributed by atoms with van der Waals surface area (Å²) in [6, 6.07) is 3.95. The number of hydrogen-bond donors (Lipinski definition) is 3. The number of halogens is 1. The van der Waals surface area contributed by atoms with E-state index < -0.39 is 0 Å². The summed E-state index contributed by atoms with van der Waals surface area (Å²) in [5.74, 6) is 0.790. The van der Waals surface area contributed by atoms with Gasteiger partial charge in [-0.3, -0.25) is 0 Å². The molecule has 2 rings (SSSR count). The van der Waals surface area contributed by atoms with Crippen LogP contribution in [0.25, 0.3) is 0 Å². The van der Waals surface area contributed by atoms with Gasteiger partial charge in [0, 0.05) is 4.88 Å². The minimum Gasteiger partial charge on any atom is -0.368 e. The van der Waals surface area contributed by atoms with Gasteiger partial charge in [-0.2, -0.15) is 4.98 Å². The number of hydrogen-bond acceptors (Lipinski definition) is 5. The number of aromatic amines is 1. The van der Waals surface area contributed by atoms with Crippen LogP contribution in [0.2, 0.25) is 4.34 Å². The largest absolute Gasteiger partial charge is 0.368 e. The molecule has 0 fully saturated rings. The summed E-state index contributed by atoms with van der Waals surface area (Å²) < 4.78 is 0.771. The fraction of sp³-hybridized carbons (Fsp3) is 0.250. The van der Waals surface area contributed by atoms with Crippen LogP contribution in [0, 0.1) is 0 Å². The lowest BCUT2D eigenvalue weighted by Crippen LogP contribution is -2.06. The Morgan fingerprint density at radius 3 is 2.93 bits per heavy atom. The second kappa shape index (κ2) is 4.08. The fourth-order valence-corrected chi connectivity index (χ4v) is 2.23. The van der Waals surface area contributed by atoms with Crippen molar-refractivity contribution in [1.82, 2.24) is 15.2 Å². The average Bonchev–Trinajstić information content (AvgIpc) is 2.75. The minimum atomic E-state index is 0.109. The number of rotatable bonds is 3. The lowest BCUT2D eigenvalue weighted by atomic mass is 10.3. The first kappa shape index (κ1) is 10.3. The first-order valence-corrected chi connectivity index (χ1v) is 5.54. The van der Waals surface area contributed by atoms with Crippen molar-refractivity contribution in [2.24, 2.45) is 0 Å². The van der Waals surface area contributed by atoms with Crippen molar-refractivity contribution in [2.45, 2.75) is 13.0 Å². The van der Waals surface area contributed by atoms with E-state index in [1.54, 1.807) is 0 Å². The highest BCUT2D eigenvalue weighted by molar-refractivity contribution is 7.16. The number of H-pyrrole nitrogens is 1. The predicted molar refractivity (Wildman–Crippen MR) is 62.2 cm³/mol. The summed E-state index contributed by atoms with van der Waals surface area (Å²) in [6.07, 6.45) is 0. The quantitative estimate of drug-likeness (QED) is 0.773. The maximum atomic E-state index is 5.84. The molecule has 0 aliphatic carbocycles. The van der Waals surface area contributed by atoms with Gasteiger partial charge in [-0.05, 0) is 19.1 Å². The van der Waals surface area contributed by atoms with Crippen molar-refractivity contribution in [3.8, 4) is 0 Å². The van der Waals surface area contributed by atoms with Gasteiger partial charge in [0.25, 0.3) is 0 Å². The maximum Gasteiger partial charge on any atom is 0.244 e. The molecular weight excluding hydrogens is 234 g/mol. The van der Waals surface area contributed by atoms with E-state index in [9.17, 15) is 0 Å². The molecule has 2 aromatic rings. The molecule has 0 spiro atoms. The molecule has 5 nitrogen and oxygen atoms in total. The van der Waals surface area contributed by atoms with Gasteiger partial charge >= 0.3 is 0 Å². The van der Waals surface area contributed by atoms with Crippen molar-refractivity contribution in [2.75, 3.05) is 11.1 Å². The highest BCUT2D eigenvalue weighted by Gasteiger charge is 2.10. The molecule has 2 aromatic heterocycles. The van der Waals surface area contributed by atoms with E-state index in [-0.39, 0.29) is 6.04 Å². The third-order valence-electron chi connectivity index (χ3n) is 1.87. The van der Waals surface area contributed by atoms with E-state index in [0.29, 0.717) is 11.9 Å². The molecule has 2 heterocycles. The molecule has 0 saturated heterocycles. The average molecular weight is 244 g/mol. The number of aromatic nitrogens is 3. The Kier molecular flexibility index (Phi) is 2.79. The summed E-state index contributed by atoms with van der Waals surface area (Å²) in [5, 5.41) is 9.56. The van der Waals surface area contributed by atoms with Gasteiger partial charge in [-0.1, -0.05) is 11.6 Å². The van der Waals surface area contributed by atoms with Crippen LogP contribution >= 0.6 is 22.9 Å². The lowest BCUT2D eigenvalue weighted by molar-refractivity contribution is 0.882. The van der Waals surface area contributed by atoms with Gasteiger partial charge in [-0.25, -0.2) is 5.10 Å². The summed E-state index contributed by atoms with van der Waals surface area (Å²) in [7, 11) is 0. The molecule has 1 atom stereocenters. The molecule has 0 aliphatic heterocycles. The SMILES string of the molecule is CC(Nc1n[nH]c(N)n1)c1ccc(Cl)s1. The molecule has 1 unspecified atom stereocenters. The zero-order valence-electron chi connectivity index (χ0n) is 7.99. The van der Waals surface area contributed by atoms with Gasteiger partial charge in [0.2, 0.25) is 11.9 Å². The normalized spacial score (nSPS) is 12.7. The van der Waals surface area contributed by atoms with Gasteiger partial charge in [0.15, 0.2) is 0 Å². The molecule has 0 radical (unpaired) electrons. The number of nitrogens with one attached hydrogen (secondary N) is 2. The third-order valence-corrected chi connectivity index (χ3v) is 3.28. The monoisotopic (exact) mass is 243 g/mol. The van der Waals surface area contributed by atoms with Crippen LogP contribution in [0.5, 0.6) is 0 Å². The zero-order chi connectivity index (χ0) is 10.8. The Morgan fingerprint density at radius 1 is 1.60 bits per heavy atom. The van der Waals surface area contributed by atoms with E-state index in [4.69, 9.17) is 17.3 Å². The van der Waals surface area contributed by atoms with E-state index in [2.05, 4.69) is 20.5 Å². The van der Waals surface area contributed by atoms with E-state index in [1.807, 2.05) is 19.1 Å². The summed E-state index contributed by atoms with van der Waals surface area (Å²) in [4.78, 5) is 5.08. The van der Waals surface area contributed by atoms with Crippen molar-refractivity contribution in [3.63, 3.8) is 0 Å². The van der Waals surface area contributed by atoms with Crippen molar-refractivity contribution in [3.05, 3.63) is 21.3 Å². The first-order chi connectivity index (χ1) is 7.15. The third kappa shape index (κ3) is 2.40. The van der Waals surface area contributed by atoms with Crippen molar-refractivity contribution < 1.29 is 0 Å². The van der Waals surface area contributed by atoms with Crippen LogP contribution in [0.15, 0.2) is 12.1 Å². The Hall–Kier alpha value is -1.27. The molecule has 4 N–H and O–H groups in total. The molecule has 7 heteroatoms. The molecule has 0 amide bonds. The van der Waals surface area contributed by atoms with Crippen LogP contribution in [-0.2, 0) is 0 Å². The molecule has 80 valence electrons. The lowest BCUT2D eigenvalue weighted by Gasteiger charge is -2.09. The Morgan fingerprint density at radius 2 is 2.40 bits per heavy atom. The predicted octanol–water partition coefficient (Wildman–Crippen LogP) is 2.27. The second-order valence-corrected chi connectivity index (χ2v) is 4.80. The van der Waals surface area contributed by atoms with E-state index >= 15 is 0 Å². The van der Waals surface area contributed by atoms with Crippen LogP contribution in [0.4, 0.5) is 11.9 Å². The van der Waals surface area contributed by atoms with Crippen LogP contribution in [-0.4, -0.2) is 15.2 Å². The molecule has 0 bridgehead atoms. The molecule has 15 heavy (non-hydrogen) atoms. The Balaban J connectivity index is 2.06. The van der Waals surface area contributed by atoms with Gasteiger partial charge < -0.3 is 11.1 Å². The first-order valence-electron chi connectivity index (χ1n) is 4.35. The molecule has 0 saturated carbocycles. The highest BCUT2D eigenvalue weighted by atomic mass is 35.5. The zero-order valence-corrected chi connectivity index (χ0v) is 9.56. The van der Waals surface area contributed by atoms with Crippen LogP contribution in [0.1, 0.15) is 17.8 Å². The Bertz CT molecular complexity index is 451. The van der Waals surface area contributed by atoms with E-state index in [1.165, 1.54) is 11.3 Å². The van der Waals surface area contributed by atoms with Crippen molar-refractivity contribution >= 4 is 34.8 Å². The maximum absolute atomic E-state index is 5.84. The van der Waals surface area contributed by atoms with E-state index in [0.717, 1.165) is 9.21 Å². The molecule has 0 aliphatic rings. The van der Waals surface area contributed by atoms with Crippen LogP contribution < -0.4 is 11.1 Å². The van der Waals surface area contributed by atoms with Gasteiger partial charge in [-0.15, -0.1) is 16.4 Å². The number of anilines is 2. The number of nitrogens with two attached hydrogens (primary N) is 1. The fourth-order valence-electron chi connectivity index (χ4n) is 1.16. The van der Waals surface area contributed by atoms with Crippen LogP contribution in [0.3, 0.4) is 0 Å². The summed E-state index contributed by atoms with van der Waals surface area (Å²) in [6.45, 7) is 2.01. The minimum absolute atomic E-state index is 0.109. The van der Waals surface area contributed by atoms with Gasteiger partial charge in [0.05, 0.1) is 10.4 Å².